The fourth-order valence-electron chi connectivity index (χ4n) is 2.81. The van der Waals surface area contributed by atoms with Crippen LogP contribution in [-0.2, 0) is 13.1 Å². The predicted octanol–water partition coefficient (Wildman–Crippen LogP) is 2.03. The van der Waals surface area contributed by atoms with Crippen molar-refractivity contribution >= 4 is 11.3 Å². The van der Waals surface area contributed by atoms with Crippen molar-refractivity contribution in [1.29, 1.82) is 0 Å². The molecule has 1 N–H and O–H groups in total. The van der Waals surface area contributed by atoms with Gasteiger partial charge < -0.3 is 10.2 Å². The summed E-state index contributed by atoms with van der Waals surface area (Å²) in [6.07, 6.45) is 2.65. The quantitative estimate of drug-likeness (QED) is 0.834. The second kappa shape index (κ2) is 8.08. The third-order valence-corrected chi connectivity index (χ3v) is 4.74. The van der Waals surface area contributed by atoms with Gasteiger partial charge in [-0.05, 0) is 52.5 Å². The van der Waals surface area contributed by atoms with Crippen LogP contribution in [0.1, 0.15) is 30.5 Å². The molecule has 114 valence electrons. The van der Waals surface area contributed by atoms with E-state index in [2.05, 4.69) is 41.5 Å². The van der Waals surface area contributed by atoms with E-state index in [0.717, 1.165) is 25.6 Å². The number of nitrogens with one attached hydrogen (secondary N) is 1. The molecule has 0 radical (unpaired) electrons. The molecule has 0 spiro atoms. The largest absolute Gasteiger partial charge is 0.311 e. The van der Waals surface area contributed by atoms with Gasteiger partial charge in [-0.25, -0.2) is 4.98 Å². The molecular formula is C15H28N4S. The molecule has 1 aliphatic heterocycles. The van der Waals surface area contributed by atoms with Gasteiger partial charge in [0.2, 0.25) is 0 Å². The lowest BCUT2D eigenvalue weighted by Gasteiger charge is -2.32. The SMILES string of the molecule is CCNCc1nc(CN2CCC(CN(C)C)CC2)cs1. The van der Waals surface area contributed by atoms with Gasteiger partial charge in [0.1, 0.15) is 5.01 Å². The second-order valence-corrected chi connectivity index (χ2v) is 6.94. The van der Waals surface area contributed by atoms with Crippen molar-refractivity contribution in [3.63, 3.8) is 0 Å². The van der Waals surface area contributed by atoms with E-state index in [9.17, 15) is 0 Å². The third kappa shape index (κ3) is 5.13. The number of piperidine rings is 1. The summed E-state index contributed by atoms with van der Waals surface area (Å²) < 4.78 is 0. The molecule has 5 heteroatoms. The molecule has 0 aromatic carbocycles. The Morgan fingerprint density at radius 1 is 1.40 bits per heavy atom. The normalized spacial score (nSPS) is 18.0. The van der Waals surface area contributed by atoms with E-state index in [-0.39, 0.29) is 0 Å². The first-order valence-corrected chi connectivity index (χ1v) is 8.56. The number of rotatable bonds is 7. The first-order chi connectivity index (χ1) is 9.67. The van der Waals surface area contributed by atoms with Gasteiger partial charge in [-0.15, -0.1) is 11.3 Å². The molecule has 1 fully saturated rings. The average molecular weight is 296 g/mol. The smallest absolute Gasteiger partial charge is 0.107 e. The molecule has 0 atom stereocenters. The molecule has 1 aromatic rings. The van der Waals surface area contributed by atoms with E-state index in [1.807, 2.05) is 0 Å². The summed E-state index contributed by atoms with van der Waals surface area (Å²) in [4.78, 5) is 9.58. The highest BCUT2D eigenvalue weighted by molar-refractivity contribution is 7.09. The molecule has 0 aliphatic carbocycles. The van der Waals surface area contributed by atoms with Gasteiger partial charge in [0, 0.05) is 25.0 Å². The fraction of sp³-hybridized carbons (Fsp3) is 0.800. The molecule has 4 nitrogen and oxygen atoms in total. The van der Waals surface area contributed by atoms with Crippen molar-refractivity contribution in [2.75, 3.05) is 40.3 Å². The Bertz CT molecular complexity index is 383. The summed E-state index contributed by atoms with van der Waals surface area (Å²) >= 11 is 1.78. The summed E-state index contributed by atoms with van der Waals surface area (Å²) in [6, 6.07) is 0. The zero-order chi connectivity index (χ0) is 14.4. The Morgan fingerprint density at radius 3 is 2.80 bits per heavy atom. The highest BCUT2D eigenvalue weighted by atomic mass is 32.1. The van der Waals surface area contributed by atoms with Crippen LogP contribution in [0.3, 0.4) is 0 Å². The molecule has 1 saturated heterocycles. The van der Waals surface area contributed by atoms with E-state index in [4.69, 9.17) is 4.98 Å². The van der Waals surface area contributed by atoms with Crippen molar-refractivity contribution < 1.29 is 0 Å². The predicted molar refractivity (Wildman–Crippen MR) is 86.0 cm³/mol. The molecule has 0 amide bonds. The van der Waals surface area contributed by atoms with Gasteiger partial charge in [0.05, 0.1) is 5.69 Å². The number of thiazole rings is 1. The Morgan fingerprint density at radius 2 is 2.15 bits per heavy atom. The summed E-state index contributed by atoms with van der Waals surface area (Å²) in [6.45, 7) is 8.75. The third-order valence-electron chi connectivity index (χ3n) is 3.84. The summed E-state index contributed by atoms with van der Waals surface area (Å²) in [5, 5.41) is 6.77. The van der Waals surface area contributed by atoms with E-state index in [0.29, 0.717) is 0 Å². The molecule has 0 saturated carbocycles. The molecule has 1 aliphatic rings. The van der Waals surface area contributed by atoms with Gasteiger partial charge in [-0.3, -0.25) is 4.90 Å². The minimum absolute atomic E-state index is 0.876. The standard InChI is InChI=1S/C15H28N4S/c1-4-16-9-15-17-14(12-20-15)11-19-7-5-13(6-8-19)10-18(2)3/h12-13,16H,4-11H2,1-3H3. The minimum atomic E-state index is 0.876. The van der Waals surface area contributed by atoms with Gasteiger partial charge in [-0.1, -0.05) is 6.92 Å². The van der Waals surface area contributed by atoms with Crippen LogP contribution in [-0.4, -0.2) is 55.1 Å². The van der Waals surface area contributed by atoms with Crippen molar-refractivity contribution in [3.8, 4) is 0 Å². The topological polar surface area (TPSA) is 31.4 Å². The Balaban J connectivity index is 1.73. The van der Waals surface area contributed by atoms with Crippen LogP contribution >= 0.6 is 11.3 Å². The maximum absolute atomic E-state index is 4.72. The summed E-state index contributed by atoms with van der Waals surface area (Å²) in [7, 11) is 4.35. The first-order valence-electron chi connectivity index (χ1n) is 7.68. The number of hydrogen-bond donors (Lipinski definition) is 1. The van der Waals surface area contributed by atoms with Gasteiger partial charge in [-0.2, -0.15) is 0 Å². The van der Waals surface area contributed by atoms with Crippen LogP contribution in [0.5, 0.6) is 0 Å². The Labute approximate surface area is 127 Å². The van der Waals surface area contributed by atoms with Crippen molar-refractivity contribution in [2.45, 2.75) is 32.9 Å². The summed E-state index contributed by atoms with van der Waals surface area (Å²) in [5.74, 6) is 0.876. The van der Waals surface area contributed by atoms with Gasteiger partial charge >= 0.3 is 0 Å². The molecule has 2 heterocycles. The number of hydrogen-bond acceptors (Lipinski definition) is 5. The minimum Gasteiger partial charge on any atom is -0.311 e. The maximum atomic E-state index is 4.72. The second-order valence-electron chi connectivity index (χ2n) is 5.99. The monoisotopic (exact) mass is 296 g/mol. The highest BCUT2D eigenvalue weighted by Gasteiger charge is 2.20. The van der Waals surface area contributed by atoms with Crippen LogP contribution < -0.4 is 5.32 Å². The molecule has 20 heavy (non-hydrogen) atoms. The summed E-state index contributed by atoms with van der Waals surface area (Å²) in [5.41, 5.74) is 1.24. The van der Waals surface area contributed by atoms with Crippen molar-refractivity contribution in [3.05, 3.63) is 16.1 Å². The Hall–Kier alpha value is -0.490. The molecule has 0 unspecified atom stereocenters. The fourth-order valence-corrected chi connectivity index (χ4v) is 3.56. The van der Waals surface area contributed by atoms with Gasteiger partial charge in [0.15, 0.2) is 0 Å². The molecule has 2 rings (SSSR count). The van der Waals surface area contributed by atoms with Crippen molar-refractivity contribution in [2.24, 2.45) is 5.92 Å². The van der Waals surface area contributed by atoms with E-state index < -0.39 is 0 Å². The van der Waals surface area contributed by atoms with Crippen molar-refractivity contribution in [1.82, 2.24) is 20.1 Å². The molecule has 1 aromatic heterocycles. The number of nitrogens with zero attached hydrogens (tertiary/aromatic N) is 3. The zero-order valence-electron chi connectivity index (χ0n) is 13.1. The van der Waals surface area contributed by atoms with E-state index in [1.54, 1.807) is 11.3 Å². The highest BCUT2D eigenvalue weighted by Crippen LogP contribution is 2.20. The van der Waals surface area contributed by atoms with Crippen LogP contribution in [0.4, 0.5) is 0 Å². The molecular weight excluding hydrogens is 268 g/mol. The van der Waals surface area contributed by atoms with Gasteiger partial charge in [0.25, 0.3) is 0 Å². The van der Waals surface area contributed by atoms with Crippen LogP contribution in [0.25, 0.3) is 0 Å². The lowest BCUT2D eigenvalue weighted by atomic mass is 9.96. The van der Waals surface area contributed by atoms with E-state index >= 15 is 0 Å². The number of aromatic nitrogens is 1. The zero-order valence-corrected chi connectivity index (χ0v) is 13.9. The molecule has 0 bridgehead atoms. The maximum Gasteiger partial charge on any atom is 0.107 e. The average Bonchev–Trinajstić information content (AvgIpc) is 2.86. The number of likely N-dealkylation sites (tertiary alicyclic amines) is 1. The lowest BCUT2D eigenvalue weighted by Crippen LogP contribution is -2.36. The van der Waals surface area contributed by atoms with Crippen LogP contribution in [0.2, 0.25) is 0 Å². The van der Waals surface area contributed by atoms with E-state index in [1.165, 1.54) is 43.2 Å². The van der Waals surface area contributed by atoms with Crippen LogP contribution in [0.15, 0.2) is 5.38 Å². The first kappa shape index (κ1) is 15.9. The Kier molecular flexibility index (Phi) is 6.42. The lowest BCUT2D eigenvalue weighted by molar-refractivity contribution is 0.155. The van der Waals surface area contributed by atoms with Crippen LogP contribution in [0, 0.1) is 5.92 Å².